The van der Waals surface area contributed by atoms with Crippen LogP contribution in [0.15, 0.2) is 30.3 Å². The Morgan fingerprint density at radius 1 is 1.17 bits per heavy atom. The maximum absolute atomic E-state index is 11.9. The van der Waals surface area contributed by atoms with Crippen molar-refractivity contribution >= 4 is 11.8 Å². The standard InChI is InChI=1S/C18H28N4O2/c1-2-3-9-20-16(23)14-21-10-12-22(13-11-21)17(18(19)24)15-7-5-4-6-8-15/h4-8,17H,2-3,9-14H2,1H3,(H2,19,24)(H,20,23)/t17-/m0/s1. The van der Waals surface area contributed by atoms with Crippen LogP contribution in [0.3, 0.4) is 0 Å². The third kappa shape index (κ3) is 5.32. The second-order valence-electron chi connectivity index (χ2n) is 6.23. The Morgan fingerprint density at radius 2 is 1.83 bits per heavy atom. The van der Waals surface area contributed by atoms with E-state index >= 15 is 0 Å². The number of piperazine rings is 1. The molecule has 1 heterocycles. The number of nitrogens with zero attached hydrogens (tertiary/aromatic N) is 2. The van der Waals surface area contributed by atoms with Gasteiger partial charge >= 0.3 is 0 Å². The van der Waals surface area contributed by atoms with Gasteiger partial charge in [-0.25, -0.2) is 0 Å². The van der Waals surface area contributed by atoms with E-state index in [9.17, 15) is 9.59 Å². The van der Waals surface area contributed by atoms with Crippen molar-refractivity contribution in [3.63, 3.8) is 0 Å². The van der Waals surface area contributed by atoms with Crippen LogP contribution in [0.2, 0.25) is 0 Å². The summed E-state index contributed by atoms with van der Waals surface area (Å²) in [5, 5.41) is 2.94. The third-order valence-electron chi connectivity index (χ3n) is 4.38. The molecule has 1 aliphatic heterocycles. The number of primary amides is 1. The summed E-state index contributed by atoms with van der Waals surface area (Å²) in [6, 6.07) is 9.24. The van der Waals surface area contributed by atoms with Crippen molar-refractivity contribution in [2.75, 3.05) is 39.3 Å². The van der Waals surface area contributed by atoms with E-state index in [2.05, 4.69) is 22.0 Å². The maximum Gasteiger partial charge on any atom is 0.239 e. The number of benzene rings is 1. The van der Waals surface area contributed by atoms with Gasteiger partial charge in [0.25, 0.3) is 0 Å². The molecule has 2 amide bonds. The molecule has 1 atom stereocenters. The number of amides is 2. The zero-order valence-electron chi connectivity index (χ0n) is 14.4. The number of hydrogen-bond donors (Lipinski definition) is 2. The molecular weight excluding hydrogens is 304 g/mol. The molecule has 6 heteroatoms. The molecule has 0 aromatic heterocycles. The minimum Gasteiger partial charge on any atom is -0.368 e. The fourth-order valence-electron chi connectivity index (χ4n) is 3.03. The van der Waals surface area contributed by atoms with Crippen molar-refractivity contribution in [2.24, 2.45) is 5.73 Å². The van der Waals surface area contributed by atoms with Crippen molar-refractivity contribution in [2.45, 2.75) is 25.8 Å². The van der Waals surface area contributed by atoms with E-state index in [1.165, 1.54) is 0 Å². The summed E-state index contributed by atoms with van der Waals surface area (Å²) in [5.74, 6) is -0.252. The van der Waals surface area contributed by atoms with Crippen molar-refractivity contribution in [1.29, 1.82) is 0 Å². The van der Waals surface area contributed by atoms with Crippen LogP contribution in [0.25, 0.3) is 0 Å². The normalized spacial score (nSPS) is 17.4. The predicted molar refractivity (Wildman–Crippen MR) is 94.3 cm³/mol. The molecule has 0 aliphatic carbocycles. The average Bonchev–Trinajstić information content (AvgIpc) is 2.57. The highest BCUT2D eigenvalue weighted by atomic mass is 16.2. The number of nitrogens with one attached hydrogen (secondary N) is 1. The van der Waals surface area contributed by atoms with Crippen LogP contribution in [-0.4, -0.2) is 60.9 Å². The van der Waals surface area contributed by atoms with Crippen molar-refractivity contribution < 1.29 is 9.59 Å². The van der Waals surface area contributed by atoms with E-state index in [1.54, 1.807) is 0 Å². The lowest BCUT2D eigenvalue weighted by Gasteiger charge is -2.38. The lowest BCUT2D eigenvalue weighted by Crippen LogP contribution is -2.52. The molecular formula is C18H28N4O2. The fraction of sp³-hybridized carbons (Fsp3) is 0.556. The van der Waals surface area contributed by atoms with Gasteiger partial charge in [0.1, 0.15) is 6.04 Å². The first-order valence-electron chi connectivity index (χ1n) is 8.69. The number of nitrogens with two attached hydrogens (primary N) is 1. The van der Waals surface area contributed by atoms with Crippen LogP contribution in [0.5, 0.6) is 0 Å². The second kappa shape index (κ2) is 9.39. The number of unbranched alkanes of at least 4 members (excludes halogenated alkanes) is 1. The SMILES string of the molecule is CCCCNC(=O)CN1CCN([C@H](C(N)=O)c2ccccc2)CC1. The lowest BCUT2D eigenvalue weighted by molar-refractivity contribution is -0.126. The molecule has 0 unspecified atom stereocenters. The molecule has 1 aliphatic rings. The van der Waals surface area contributed by atoms with E-state index in [1.807, 2.05) is 30.3 Å². The lowest BCUT2D eigenvalue weighted by atomic mass is 10.0. The van der Waals surface area contributed by atoms with Gasteiger partial charge in [0, 0.05) is 32.7 Å². The van der Waals surface area contributed by atoms with Crippen LogP contribution in [-0.2, 0) is 9.59 Å². The molecule has 24 heavy (non-hydrogen) atoms. The van der Waals surface area contributed by atoms with Gasteiger partial charge in [-0.3, -0.25) is 19.4 Å². The van der Waals surface area contributed by atoms with E-state index in [4.69, 9.17) is 5.73 Å². The largest absolute Gasteiger partial charge is 0.368 e. The van der Waals surface area contributed by atoms with Gasteiger partial charge < -0.3 is 11.1 Å². The molecule has 2 rings (SSSR count). The molecule has 6 nitrogen and oxygen atoms in total. The molecule has 0 radical (unpaired) electrons. The zero-order valence-corrected chi connectivity index (χ0v) is 14.4. The molecule has 1 aromatic carbocycles. The topological polar surface area (TPSA) is 78.7 Å². The Bertz CT molecular complexity index is 527. The number of carbonyl (C=O) groups excluding carboxylic acids is 2. The van der Waals surface area contributed by atoms with Gasteiger partial charge in [-0.2, -0.15) is 0 Å². The van der Waals surface area contributed by atoms with Gasteiger partial charge in [-0.1, -0.05) is 43.7 Å². The summed E-state index contributed by atoms with van der Waals surface area (Å²) in [5.41, 5.74) is 6.55. The van der Waals surface area contributed by atoms with Gasteiger partial charge in [-0.15, -0.1) is 0 Å². The summed E-state index contributed by atoms with van der Waals surface area (Å²) < 4.78 is 0. The highest BCUT2D eigenvalue weighted by Gasteiger charge is 2.29. The quantitative estimate of drug-likeness (QED) is 0.689. The summed E-state index contributed by atoms with van der Waals surface area (Å²) in [4.78, 5) is 28.0. The first kappa shape index (κ1) is 18.4. The summed E-state index contributed by atoms with van der Waals surface area (Å²) in [7, 11) is 0. The molecule has 1 saturated heterocycles. The molecule has 0 saturated carbocycles. The van der Waals surface area contributed by atoms with Crippen LogP contribution in [0.1, 0.15) is 31.4 Å². The smallest absolute Gasteiger partial charge is 0.239 e. The molecule has 1 aromatic rings. The Kier molecular flexibility index (Phi) is 7.21. The van der Waals surface area contributed by atoms with Crippen LogP contribution in [0.4, 0.5) is 0 Å². The first-order chi connectivity index (χ1) is 11.6. The second-order valence-corrected chi connectivity index (χ2v) is 6.23. The minimum atomic E-state index is -0.397. The highest BCUT2D eigenvalue weighted by Crippen LogP contribution is 2.21. The highest BCUT2D eigenvalue weighted by molar-refractivity contribution is 5.81. The molecule has 132 valence electrons. The van der Waals surface area contributed by atoms with Crippen LogP contribution in [0, 0.1) is 0 Å². The summed E-state index contributed by atoms with van der Waals surface area (Å²) in [6.07, 6.45) is 2.09. The third-order valence-corrected chi connectivity index (χ3v) is 4.38. The Hall–Kier alpha value is -1.92. The average molecular weight is 332 g/mol. The van der Waals surface area contributed by atoms with Crippen molar-refractivity contribution in [3.8, 4) is 0 Å². The van der Waals surface area contributed by atoms with Crippen LogP contribution < -0.4 is 11.1 Å². The van der Waals surface area contributed by atoms with Crippen LogP contribution >= 0.6 is 0 Å². The zero-order chi connectivity index (χ0) is 17.4. The monoisotopic (exact) mass is 332 g/mol. The number of rotatable bonds is 8. The van der Waals surface area contributed by atoms with Gasteiger partial charge in [0.15, 0.2) is 0 Å². The van der Waals surface area contributed by atoms with Gasteiger partial charge in [-0.05, 0) is 12.0 Å². The van der Waals surface area contributed by atoms with E-state index in [0.29, 0.717) is 6.54 Å². The van der Waals surface area contributed by atoms with Crippen molar-refractivity contribution in [1.82, 2.24) is 15.1 Å². The van der Waals surface area contributed by atoms with Gasteiger partial charge in [0.05, 0.1) is 6.54 Å². The van der Waals surface area contributed by atoms with E-state index in [0.717, 1.165) is 51.1 Å². The minimum absolute atomic E-state index is 0.0754. The van der Waals surface area contributed by atoms with Crippen molar-refractivity contribution in [3.05, 3.63) is 35.9 Å². The summed E-state index contributed by atoms with van der Waals surface area (Å²) in [6.45, 7) is 6.25. The molecule has 3 N–H and O–H groups in total. The number of hydrogen-bond acceptors (Lipinski definition) is 4. The fourth-order valence-corrected chi connectivity index (χ4v) is 3.03. The van der Waals surface area contributed by atoms with E-state index < -0.39 is 6.04 Å². The molecule has 0 bridgehead atoms. The molecule has 0 spiro atoms. The Morgan fingerprint density at radius 3 is 2.42 bits per heavy atom. The Labute approximate surface area is 144 Å². The van der Waals surface area contributed by atoms with Gasteiger partial charge in [0.2, 0.25) is 11.8 Å². The molecule has 1 fully saturated rings. The number of carbonyl (C=O) groups is 2. The summed E-state index contributed by atoms with van der Waals surface area (Å²) >= 11 is 0. The predicted octanol–water partition coefficient (Wildman–Crippen LogP) is 0.747. The Balaban J connectivity index is 1.84. The maximum atomic E-state index is 11.9. The first-order valence-corrected chi connectivity index (χ1v) is 8.69. The van der Waals surface area contributed by atoms with E-state index in [-0.39, 0.29) is 11.8 Å².